The molecule has 80 valence electrons. The summed E-state index contributed by atoms with van der Waals surface area (Å²) >= 11 is 1.76. The first-order valence-corrected chi connectivity index (χ1v) is 6.14. The minimum atomic E-state index is 0.484. The third kappa shape index (κ3) is 2.79. The lowest BCUT2D eigenvalue weighted by molar-refractivity contribution is 0.424. The maximum Gasteiger partial charge on any atom is 0.0798 e. The Morgan fingerprint density at radius 1 is 1.57 bits per heavy atom. The molecule has 0 aliphatic carbocycles. The molecule has 1 aromatic heterocycles. The van der Waals surface area contributed by atoms with Crippen LogP contribution < -0.4 is 5.32 Å². The second kappa shape index (κ2) is 5.47. The highest BCUT2D eigenvalue weighted by atomic mass is 32.1. The van der Waals surface area contributed by atoms with Crippen molar-refractivity contribution in [2.24, 2.45) is 5.92 Å². The van der Waals surface area contributed by atoms with Crippen LogP contribution >= 0.6 is 11.3 Å². The van der Waals surface area contributed by atoms with E-state index in [1.807, 2.05) is 12.6 Å². The topological polar surface area (TPSA) is 24.9 Å². The van der Waals surface area contributed by atoms with Crippen LogP contribution in [0.2, 0.25) is 0 Å². The molecule has 0 aliphatic heterocycles. The van der Waals surface area contributed by atoms with Gasteiger partial charge in [-0.2, -0.15) is 0 Å². The molecule has 3 heteroatoms. The summed E-state index contributed by atoms with van der Waals surface area (Å²) in [5, 5.41) is 3.38. The summed E-state index contributed by atoms with van der Waals surface area (Å²) in [6, 6.07) is 0.484. The van der Waals surface area contributed by atoms with Gasteiger partial charge in [0.15, 0.2) is 0 Å². The SMILES string of the molecule is CCC(C)CC(NC)c1scnc1C. The predicted molar refractivity (Wildman–Crippen MR) is 62.7 cm³/mol. The van der Waals surface area contributed by atoms with Crippen molar-refractivity contribution in [1.82, 2.24) is 10.3 Å². The fraction of sp³-hybridized carbons (Fsp3) is 0.727. The minimum Gasteiger partial charge on any atom is -0.312 e. The Bertz CT molecular complexity index is 270. The summed E-state index contributed by atoms with van der Waals surface area (Å²) in [6.07, 6.45) is 2.45. The van der Waals surface area contributed by atoms with Crippen LogP contribution in [0.15, 0.2) is 5.51 Å². The molecule has 0 saturated heterocycles. The molecule has 1 aromatic rings. The van der Waals surface area contributed by atoms with Gasteiger partial charge in [-0.3, -0.25) is 0 Å². The van der Waals surface area contributed by atoms with Gasteiger partial charge in [-0.1, -0.05) is 20.3 Å². The highest BCUT2D eigenvalue weighted by molar-refractivity contribution is 7.09. The molecule has 2 unspecified atom stereocenters. The number of hydrogen-bond donors (Lipinski definition) is 1. The van der Waals surface area contributed by atoms with Crippen LogP contribution in [0, 0.1) is 12.8 Å². The monoisotopic (exact) mass is 212 g/mol. The largest absolute Gasteiger partial charge is 0.312 e. The molecule has 0 saturated carbocycles. The van der Waals surface area contributed by atoms with Crippen LogP contribution in [0.4, 0.5) is 0 Å². The Balaban J connectivity index is 2.67. The molecule has 0 fully saturated rings. The number of aromatic nitrogens is 1. The molecular formula is C11H20N2S. The fourth-order valence-electron chi connectivity index (χ4n) is 1.57. The first kappa shape index (κ1) is 11.7. The maximum atomic E-state index is 4.30. The van der Waals surface area contributed by atoms with E-state index in [4.69, 9.17) is 0 Å². The van der Waals surface area contributed by atoms with Crippen LogP contribution in [0.25, 0.3) is 0 Å². The lowest BCUT2D eigenvalue weighted by atomic mass is 9.98. The fourth-order valence-corrected chi connectivity index (χ4v) is 2.50. The lowest BCUT2D eigenvalue weighted by Gasteiger charge is -2.18. The summed E-state index contributed by atoms with van der Waals surface area (Å²) < 4.78 is 0. The standard InChI is InChI=1S/C11H20N2S/c1-5-8(2)6-10(12-4)11-9(3)13-7-14-11/h7-8,10,12H,5-6H2,1-4H3. The third-order valence-electron chi connectivity index (χ3n) is 2.78. The molecular weight excluding hydrogens is 192 g/mol. The van der Waals surface area contributed by atoms with E-state index < -0.39 is 0 Å². The lowest BCUT2D eigenvalue weighted by Crippen LogP contribution is -2.18. The van der Waals surface area contributed by atoms with E-state index in [9.17, 15) is 0 Å². The van der Waals surface area contributed by atoms with Crippen molar-refractivity contribution >= 4 is 11.3 Å². The normalized spacial score (nSPS) is 15.4. The maximum absolute atomic E-state index is 4.30. The van der Waals surface area contributed by atoms with Crippen molar-refractivity contribution in [3.8, 4) is 0 Å². The van der Waals surface area contributed by atoms with Gasteiger partial charge in [0, 0.05) is 10.9 Å². The van der Waals surface area contributed by atoms with Gasteiger partial charge in [0.1, 0.15) is 0 Å². The van der Waals surface area contributed by atoms with Crippen molar-refractivity contribution in [3.63, 3.8) is 0 Å². The van der Waals surface area contributed by atoms with Gasteiger partial charge >= 0.3 is 0 Å². The Labute approximate surface area is 90.8 Å². The molecule has 1 heterocycles. The zero-order chi connectivity index (χ0) is 10.6. The van der Waals surface area contributed by atoms with E-state index in [0.717, 1.165) is 5.92 Å². The Hall–Kier alpha value is -0.410. The molecule has 14 heavy (non-hydrogen) atoms. The zero-order valence-corrected chi connectivity index (χ0v) is 10.3. The molecule has 0 bridgehead atoms. The number of nitrogens with zero attached hydrogens (tertiary/aromatic N) is 1. The van der Waals surface area contributed by atoms with Gasteiger partial charge in [0.2, 0.25) is 0 Å². The first-order valence-electron chi connectivity index (χ1n) is 5.26. The average Bonchev–Trinajstić information content (AvgIpc) is 2.60. The molecule has 0 spiro atoms. The van der Waals surface area contributed by atoms with Crippen LogP contribution in [0.5, 0.6) is 0 Å². The van der Waals surface area contributed by atoms with E-state index in [1.165, 1.54) is 23.4 Å². The highest BCUT2D eigenvalue weighted by Crippen LogP contribution is 2.27. The summed E-state index contributed by atoms with van der Waals surface area (Å²) in [4.78, 5) is 5.69. The van der Waals surface area contributed by atoms with Crippen LogP contribution in [0.1, 0.15) is 43.3 Å². The third-order valence-corrected chi connectivity index (χ3v) is 3.83. The van der Waals surface area contributed by atoms with Crippen molar-refractivity contribution in [2.75, 3.05) is 7.05 Å². The van der Waals surface area contributed by atoms with Crippen LogP contribution in [-0.4, -0.2) is 12.0 Å². The number of hydrogen-bond acceptors (Lipinski definition) is 3. The van der Waals surface area contributed by atoms with E-state index in [1.54, 1.807) is 11.3 Å². The van der Waals surface area contributed by atoms with Gasteiger partial charge in [0.05, 0.1) is 11.2 Å². The van der Waals surface area contributed by atoms with Crippen molar-refractivity contribution in [3.05, 3.63) is 16.1 Å². The van der Waals surface area contributed by atoms with Gasteiger partial charge in [-0.25, -0.2) is 4.98 Å². The number of rotatable bonds is 5. The number of nitrogens with one attached hydrogen (secondary N) is 1. The van der Waals surface area contributed by atoms with Crippen molar-refractivity contribution in [2.45, 2.75) is 39.7 Å². The second-order valence-corrected chi connectivity index (χ2v) is 4.78. The van der Waals surface area contributed by atoms with Gasteiger partial charge < -0.3 is 5.32 Å². The predicted octanol–water partition coefficient (Wildman–Crippen LogP) is 3.15. The number of aryl methyl sites for hydroxylation is 1. The van der Waals surface area contributed by atoms with Gasteiger partial charge in [0.25, 0.3) is 0 Å². The minimum absolute atomic E-state index is 0.484. The highest BCUT2D eigenvalue weighted by Gasteiger charge is 2.16. The van der Waals surface area contributed by atoms with Crippen LogP contribution in [-0.2, 0) is 0 Å². The number of thiazole rings is 1. The summed E-state index contributed by atoms with van der Waals surface area (Å²) in [5.41, 5.74) is 3.11. The Morgan fingerprint density at radius 2 is 2.29 bits per heavy atom. The van der Waals surface area contributed by atoms with Crippen molar-refractivity contribution in [1.29, 1.82) is 0 Å². The molecule has 0 radical (unpaired) electrons. The van der Waals surface area contributed by atoms with Crippen molar-refractivity contribution < 1.29 is 0 Å². The molecule has 0 amide bonds. The van der Waals surface area contributed by atoms with Gasteiger partial charge in [-0.05, 0) is 26.3 Å². The van der Waals surface area contributed by atoms with E-state index in [-0.39, 0.29) is 0 Å². The van der Waals surface area contributed by atoms with Crippen LogP contribution in [0.3, 0.4) is 0 Å². The molecule has 2 atom stereocenters. The second-order valence-electron chi connectivity index (χ2n) is 3.89. The van der Waals surface area contributed by atoms with E-state index >= 15 is 0 Å². The molecule has 0 aromatic carbocycles. The average molecular weight is 212 g/mol. The zero-order valence-electron chi connectivity index (χ0n) is 9.50. The molecule has 1 N–H and O–H groups in total. The van der Waals surface area contributed by atoms with E-state index in [0.29, 0.717) is 6.04 Å². The quantitative estimate of drug-likeness (QED) is 0.811. The Kier molecular flexibility index (Phi) is 4.55. The molecule has 2 nitrogen and oxygen atoms in total. The van der Waals surface area contributed by atoms with E-state index in [2.05, 4.69) is 31.1 Å². The summed E-state index contributed by atoms with van der Waals surface area (Å²) in [6.45, 7) is 6.64. The summed E-state index contributed by atoms with van der Waals surface area (Å²) in [5.74, 6) is 0.772. The summed E-state index contributed by atoms with van der Waals surface area (Å²) in [7, 11) is 2.03. The smallest absolute Gasteiger partial charge is 0.0798 e. The van der Waals surface area contributed by atoms with Gasteiger partial charge in [-0.15, -0.1) is 11.3 Å². The molecule has 1 rings (SSSR count). The first-order chi connectivity index (χ1) is 6.69. The molecule has 0 aliphatic rings. The Morgan fingerprint density at radius 3 is 2.71 bits per heavy atom.